The number of anilines is 1. The molecule has 0 fully saturated rings. The largest absolute Gasteiger partial charge is 0.495 e. The van der Waals surface area contributed by atoms with E-state index in [4.69, 9.17) is 15.2 Å². The predicted molar refractivity (Wildman–Crippen MR) is 83.3 cm³/mol. The quantitative estimate of drug-likeness (QED) is 0.717. The topological polar surface area (TPSA) is 90.7 Å². The zero-order chi connectivity index (χ0) is 16.0. The molecule has 0 aromatic heterocycles. The number of hydrogen-bond donors (Lipinski definition) is 2. The van der Waals surface area contributed by atoms with Gasteiger partial charge in [0.15, 0.2) is 0 Å². The number of nitrogens with two attached hydrogens (primary N) is 1. The fraction of sp³-hybridized carbons (Fsp3) is 0.571. The second-order valence-electron chi connectivity index (χ2n) is 4.76. The summed E-state index contributed by atoms with van der Waals surface area (Å²) in [5.74, 6) is 0.589. The van der Waals surface area contributed by atoms with E-state index in [0.29, 0.717) is 5.75 Å². The van der Waals surface area contributed by atoms with E-state index in [2.05, 4.69) is 4.72 Å². The third-order valence-corrected chi connectivity index (χ3v) is 4.80. The highest BCUT2D eigenvalue weighted by Crippen LogP contribution is 2.33. The number of hydrogen-bond acceptors (Lipinski definition) is 5. The maximum absolute atomic E-state index is 12.5. The zero-order valence-electron chi connectivity index (χ0n) is 13.0. The third-order valence-electron chi connectivity index (χ3n) is 3.26. The first-order valence-electron chi connectivity index (χ1n) is 6.93. The molecule has 0 radical (unpaired) electrons. The molecule has 0 aliphatic rings. The molecule has 21 heavy (non-hydrogen) atoms. The lowest BCUT2D eigenvalue weighted by atomic mass is 10.1. The Morgan fingerprint density at radius 1 is 1.19 bits per heavy atom. The van der Waals surface area contributed by atoms with Crippen LogP contribution in [0.15, 0.2) is 17.0 Å². The van der Waals surface area contributed by atoms with Gasteiger partial charge in [0.1, 0.15) is 16.4 Å². The molecular weight excluding hydrogens is 292 g/mol. The summed E-state index contributed by atoms with van der Waals surface area (Å²) >= 11 is 0. The van der Waals surface area contributed by atoms with Gasteiger partial charge in [-0.25, -0.2) is 13.1 Å². The molecule has 1 aromatic carbocycles. The van der Waals surface area contributed by atoms with Crippen molar-refractivity contribution >= 4 is 15.7 Å². The van der Waals surface area contributed by atoms with Gasteiger partial charge in [-0.3, -0.25) is 0 Å². The van der Waals surface area contributed by atoms with Crippen LogP contribution >= 0.6 is 0 Å². The van der Waals surface area contributed by atoms with E-state index in [1.807, 2.05) is 13.8 Å². The molecular formula is C14H24N2O4S. The van der Waals surface area contributed by atoms with Crippen molar-refractivity contribution in [2.24, 2.45) is 0 Å². The molecule has 7 heteroatoms. The summed E-state index contributed by atoms with van der Waals surface area (Å²) in [5, 5.41) is 0. The Kier molecular flexibility index (Phi) is 6.29. The van der Waals surface area contributed by atoms with Gasteiger partial charge in [-0.05, 0) is 18.9 Å². The molecule has 1 unspecified atom stereocenters. The van der Waals surface area contributed by atoms with Crippen molar-refractivity contribution in [1.82, 2.24) is 4.72 Å². The lowest BCUT2D eigenvalue weighted by Gasteiger charge is -2.18. The second kappa shape index (κ2) is 7.51. The summed E-state index contributed by atoms with van der Waals surface area (Å²) in [6, 6.07) is 2.73. The maximum Gasteiger partial charge on any atom is 0.244 e. The number of sulfonamides is 1. The molecule has 1 atom stereocenters. The predicted octanol–water partition coefficient (Wildman–Crippen LogP) is 2.14. The Morgan fingerprint density at radius 3 is 2.29 bits per heavy atom. The summed E-state index contributed by atoms with van der Waals surface area (Å²) in [6.07, 6.45) is 2.41. The van der Waals surface area contributed by atoms with E-state index >= 15 is 0 Å². The van der Waals surface area contributed by atoms with E-state index in [0.717, 1.165) is 19.3 Å². The molecule has 0 amide bonds. The summed E-state index contributed by atoms with van der Waals surface area (Å²) in [4.78, 5) is 0.0258. The van der Waals surface area contributed by atoms with Crippen LogP contribution in [-0.4, -0.2) is 28.7 Å². The molecule has 0 saturated carbocycles. The molecule has 6 nitrogen and oxygen atoms in total. The fourth-order valence-electron chi connectivity index (χ4n) is 2.08. The highest BCUT2D eigenvalue weighted by atomic mass is 32.2. The standard InChI is InChI=1S/C14H24N2O4S/c1-5-7-10(6-2)16-21(17,18)14-8-11(15)12(19-3)9-13(14)20-4/h8-10,16H,5-7,15H2,1-4H3. The van der Waals surface area contributed by atoms with Crippen molar-refractivity contribution in [2.45, 2.75) is 44.0 Å². The van der Waals surface area contributed by atoms with Crippen molar-refractivity contribution in [2.75, 3.05) is 20.0 Å². The van der Waals surface area contributed by atoms with Crippen LogP contribution in [0, 0.1) is 0 Å². The number of nitrogens with one attached hydrogen (secondary N) is 1. The minimum Gasteiger partial charge on any atom is -0.495 e. The molecule has 120 valence electrons. The fourth-order valence-corrected chi connectivity index (χ4v) is 3.62. The van der Waals surface area contributed by atoms with Gasteiger partial charge in [-0.15, -0.1) is 0 Å². The highest BCUT2D eigenvalue weighted by Gasteiger charge is 2.24. The molecule has 0 bridgehead atoms. The molecule has 1 rings (SSSR count). The van der Waals surface area contributed by atoms with Crippen LogP contribution in [0.2, 0.25) is 0 Å². The maximum atomic E-state index is 12.5. The van der Waals surface area contributed by atoms with E-state index in [9.17, 15) is 8.42 Å². The summed E-state index contributed by atoms with van der Waals surface area (Å²) in [6.45, 7) is 3.96. The van der Waals surface area contributed by atoms with Gasteiger partial charge in [0.25, 0.3) is 0 Å². The highest BCUT2D eigenvalue weighted by molar-refractivity contribution is 7.89. The SMILES string of the molecule is CCCC(CC)NS(=O)(=O)c1cc(N)c(OC)cc1OC. The number of nitrogen functional groups attached to an aromatic ring is 1. The molecule has 0 saturated heterocycles. The number of rotatable bonds is 8. The van der Waals surface area contributed by atoms with Crippen molar-refractivity contribution < 1.29 is 17.9 Å². The van der Waals surface area contributed by atoms with Crippen LogP contribution < -0.4 is 19.9 Å². The van der Waals surface area contributed by atoms with E-state index in [-0.39, 0.29) is 22.4 Å². The van der Waals surface area contributed by atoms with Crippen LogP contribution in [0.3, 0.4) is 0 Å². The van der Waals surface area contributed by atoms with Gasteiger partial charge in [-0.2, -0.15) is 0 Å². The first-order valence-corrected chi connectivity index (χ1v) is 8.41. The van der Waals surface area contributed by atoms with Crippen LogP contribution in [0.4, 0.5) is 5.69 Å². The molecule has 3 N–H and O–H groups in total. The number of ether oxygens (including phenoxy) is 2. The average Bonchev–Trinajstić information content (AvgIpc) is 2.46. The number of methoxy groups -OCH3 is 2. The average molecular weight is 316 g/mol. The summed E-state index contributed by atoms with van der Waals surface area (Å²) in [7, 11) is -0.820. The first-order chi connectivity index (χ1) is 9.89. The van der Waals surface area contributed by atoms with Crippen LogP contribution in [0.5, 0.6) is 11.5 Å². The molecule has 1 aromatic rings. The lowest BCUT2D eigenvalue weighted by Crippen LogP contribution is -2.34. The van der Waals surface area contributed by atoms with Gasteiger partial charge in [-0.1, -0.05) is 20.3 Å². The van der Waals surface area contributed by atoms with Crippen molar-refractivity contribution in [3.05, 3.63) is 12.1 Å². The van der Waals surface area contributed by atoms with Crippen LogP contribution in [-0.2, 0) is 10.0 Å². The monoisotopic (exact) mass is 316 g/mol. The van der Waals surface area contributed by atoms with Gasteiger partial charge in [0.2, 0.25) is 10.0 Å². The Bertz CT molecular complexity index is 573. The number of benzene rings is 1. The Balaban J connectivity index is 3.21. The Hall–Kier alpha value is -1.47. The van der Waals surface area contributed by atoms with E-state index in [1.54, 1.807) is 0 Å². The van der Waals surface area contributed by atoms with Gasteiger partial charge in [0.05, 0.1) is 19.9 Å². The first kappa shape index (κ1) is 17.6. The van der Waals surface area contributed by atoms with Crippen molar-refractivity contribution in [3.8, 4) is 11.5 Å². The lowest BCUT2D eigenvalue weighted by molar-refractivity contribution is 0.386. The summed E-state index contributed by atoms with van der Waals surface area (Å²) < 4.78 is 38.0. The molecule has 0 aliphatic carbocycles. The van der Waals surface area contributed by atoms with Gasteiger partial charge in [0, 0.05) is 12.1 Å². The van der Waals surface area contributed by atoms with Crippen LogP contribution in [0.1, 0.15) is 33.1 Å². The second-order valence-corrected chi connectivity index (χ2v) is 6.44. The van der Waals surface area contributed by atoms with Crippen molar-refractivity contribution in [3.63, 3.8) is 0 Å². The molecule has 0 aliphatic heterocycles. The van der Waals surface area contributed by atoms with Gasteiger partial charge >= 0.3 is 0 Å². The van der Waals surface area contributed by atoms with Crippen molar-refractivity contribution in [1.29, 1.82) is 0 Å². The van der Waals surface area contributed by atoms with E-state index in [1.165, 1.54) is 26.4 Å². The third kappa shape index (κ3) is 4.25. The van der Waals surface area contributed by atoms with Crippen LogP contribution in [0.25, 0.3) is 0 Å². The van der Waals surface area contributed by atoms with E-state index < -0.39 is 10.0 Å². The molecule has 0 spiro atoms. The van der Waals surface area contributed by atoms with Gasteiger partial charge < -0.3 is 15.2 Å². The summed E-state index contributed by atoms with van der Waals surface area (Å²) in [5.41, 5.74) is 6.05. The zero-order valence-corrected chi connectivity index (χ0v) is 13.8. The molecule has 0 heterocycles. The Labute approximate surface area is 126 Å². The normalized spacial score (nSPS) is 13.0. The Morgan fingerprint density at radius 2 is 1.81 bits per heavy atom. The minimum absolute atomic E-state index is 0.0258. The minimum atomic E-state index is -3.69. The smallest absolute Gasteiger partial charge is 0.244 e.